The molecule has 3 aromatic carbocycles. The van der Waals surface area contributed by atoms with Crippen molar-refractivity contribution in [2.75, 3.05) is 0 Å². The molecule has 0 aliphatic carbocycles. The molecule has 0 saturated heterocycles. The zero-order valence-corrected chi connectivity index (χ0v) is 19.0. The normalized spacial score (nSPS) is 14.1. The lowest BCUT2D eigenvalue weighted by molar-refractivity contribution is 0.101. The van der Waals surface area contributed by atoms with Crippen molar-refractivity contribution < 1.29 is 14.3 Å². The Bertz CT molecular complexity index is 1400. The van der Waals surface area contributed by atoms with Crippen molar-refractivity contribution in [1.29, 1.82) is 0 Å². The standard InChI is InChI=1S/C26H19Cl2NO3/c1-15-23(31-14-19-20(27)7-5-8-21(19)28)11-10-18-25(30)24(32-26(15)18)12-16-13-29(2)22-9-4-3-6-17(16)22/h3-13H,14H2,1-2H3/b24-12+. The van der Waals surface area contributed by atoms with Gasteiger partial charge in [0.15, 0.2) is 5.76 Å². The van der Waals surface area contributed by atoms with Gasteiger partial charge in [-0.3, -0.25) is 4.79 Å². The summed E-state index contributed by atoms with van der Waals surface area (Å²) in [5.74, 6) is 1.28. The number of halogens is 2. The van der Waals surface area contributed by atoms with Gasteiger partial charge in [0.2, 0.25) is 5.78 Å². The van der Waals surface area contributed by atoms with Crippen molar-refractivity contribution >= 4 is 46.0 Å². The smallest absolute Gasteiger partial charge is 0.231 e. The fourth-order valence-electron chi connectivity index (χ4n) is 3.97. The molecule has 4 aromatic rings. The largest absolute Gasteiger partial charge is 0.488 e. The lowest BCUT2D eigenvalue weighted by Gasteiger charge is -2.13. The molecule has 5 rings (SSSR count). The molecule has 6 heteroatoms. The molecule has 1 aliphatic heterocycles. The van der Waals surface area contributed by atoms with Gasteiger partial charge in [0.25, 0.3) is 0 Å². The molecular formula is C26H19Cl2NO3. The molecule has 1 aliphatic rings. The van der Waals surface area contributed by atoms with Gasteiger partial charge >= 0.3 is 0 Å². The van der Waals surface area contributed by atoms with Crippen LogP contribution >= 0.6 is 23.2 Å². The van der Waals surface area contributed by atoms with Gasteiger partial charge in [0.05, 0.1) is 5.56 Å². The van der Waals surface area contributed by atoms with Crippen LogP contribution in [0.3, 0.4) is 0 Å². The summed E-state index contributed by atoms with van der Waals surface area (Å²) in [7, 11) is 1.98. The van der Waals surface area contributed by atoms with Crippen LogP contribution in [0.2, 0.25) is 10.0 Å². The Morgan fingerprint density at radius 2 is 1.78 bits per heavy atom. The summed E-state index contributed by atoms with van der Waals surface area (Å²) in [5, 5.41) is 2.15. The van der Waals surface area contributed by atoms with Crippen molar-refractivity contribution in [1.82, 2.24) is 4.57 Å². The summed E-state index contributed by atoms with van der Waals surface area (Å²) in [5.41, 5.74) is 4.01. The van der Waals surface area contributed by atoms with Crippen LogP contribution in [0.4, 0.5) is 0 Å². The van der Waals surface area contributed by atoms with Gasteiger partial charge in [-0.15, -0.1) is 0 Å². The maximum absolute atomic E-state index is 13.0. The van der Waals surface area contributed by atoms with E-state index in [1.807, 2.05) is 49.0 Å². The average Bonchev–Trinajstić information content (AvgIpc) is 3.27. The highest BCUT2D eigenvalue weighted by molar-refractivity contribution is 6.35. The van der Waals surface area contributed by atoms with E-state index in [0.29, 0.717) is 38.4 Å². The summed E-state index contributed by atoms with van der Waals surface area (Å²) >= 11 is 12.5. The van der Waals surface area contributed by atoms with Crippen LogP contribution in [0.15, 0.2) is 66.6 Å². The SMILES string of the molecule is Cc1c(OCc2c(Cl)cccc2Cl)ccc2c1O/C(=C/c1cn(C)c3ccccc13)C2=O. The number of Topliss-reactive ketones (excluding diaryl/α,β-unsaturated/α-hetero) is 1. The summed E-state index contributed by atoms with van der Waals surface area (Å²) in [4.78, 5) is 13.0. The number of aryl methyl sites for hydroxylation is 1. The molecule has 0 unspecified atom stereocenters. The van der Waals surface area contributed by atoms with Gasteiger partial charge in [0.1, 0.15) is 18.1 Å². The monoisotopic (exact) mass is 463 g/mol. The second-order valence-electron chi connectivity index (χ2n) is 7.71. The molecular weight excluding hydrogens is 445 g/mol. The minimum Gasteiger partial charge on any atom is -0.488 e. The fraction of sp³-hybridized carbons (Fsp3) is 0.115. The van der Waals surface area contributed by atoms with Crippen LogP contribution in [0.1, 0.15) is 27.0 Å². The lowest BCUT2D eigenvalue weighted by atomic mass is 10.1. The third-order valence-electron chi connectivity index (χ3n) is 5.68. The third kappa shape index (κ3) is 3.46. The molecule has 0 atom stereocenters. The zero-order valence-electron chi connectivity index (χ0n) is 17.5. The van der Waals surface area contributed by atoms with Crippen LogP contribution in [0.25, 0.3) is 17.0 Å². The van der Waals surface area contributed by atoms with Crippen molar-refractivity contribution in [3.8, 4) is 11.5 Å². The third-order valence-corrected chi connectivity index (χ3v) is 6.39. The van der Waals surface area contributed by atoms with Crippen LogP contribution < -0.4 is 9.47 Å². The van der Waals surface area contributed by atoms with Crippen molar-refractivity contribution in [3.63, 3.8) is 0 Å². The van der Waals surface area contributed by atoms with E-state index in [0.717, 1.165) is 22.0 Å². The van der Waals surface area contributed by atoms with E-state index in [9.17, 15) is 4.79 Å². The van der Waals surface area contributed by atoms with Crippen LogP contribution in [0.5, 0.6) is 11.5 Å². The average molecular weight is 464 g/mol. The van der Waals surface area contributed by atoms with Crippen LogP contribution in [0, 0.1) is 6.92 Å². The highest BCUT2D eigenvalue weighted by Crippen LogP contribution is 2.40. The Balaban J connectivity index is 1.45. The number of allylic oxidation sites excluding steroid dienone is 1. The van der Waals surface area contributed by atoms with E-state index < -0.39 is 0 Å². The second kappa shape index (κ2) is 8.05. The molecule has 4 nitrogen and oxygen atoms in total. The first-order valence-corrected chi connectivity index (χ1v) is 10.9. The quantitative estimate of drug-likeness (QED) is 0.306. The van der Waals surface area contributed by atoms with Crippen molar-refractivity contribution in [2.24, 2.45) is 7.05 Å². The number of benzene rings is 3. The molecule has 0 fully saturated rings. The number of rotatable bonds is 4. The first kappa shape index (κ1) is 20.7. The van der Waals surface area contributed by atoms with Gasteiger partial charge in [-0.1, -0.05) is 47.5 Å². The number of hydrogen-bond acceptors (Lipinski definition) is 3. The molecule has 0 saturated carbocycles. The molecule has 0 spiro atoms. The van der Waals surface area contributed by atoms with Gasteiger partial charge in [-0.05, 0) is 43.3 Å². The number of para-hydroxylation sites is 1. The van der Waals surface area contributed by atoms with Gasteiger partial charge in [-0.2, -0.15) is 0 Å². The summed E-state index contributed by atoms with van der Waals surface area (Å²) in [6.45, 7) is 2.08. The van der Waals surface area contributed by atoms with Crippen LogP contribution in [-0.2, 0) is 13.7 Å². The predicted octanol–water partition coefficient (Wildman–Crippen LogP) is 6.99. The zero-order chi connectivity index (χ0) is 22.4. The van der Waals surface area contributed by atoms with E-state index in [1.165, 1.54) is 0 Å². The Morgan fingerprint density at radius 1 is 1.03 bits per heavy atom. The Morgan fingerprint density at radius 3 is 2.56 bits per heavy atom. The number of ketones is 1. The topological polar surface area (TPSA) is 40.5 Å². The Labute approximate surface area is 195 Å². The minimum atomic E-state index is -0.142. The lowest BCUT2D eigenvalue weighted by Crippen LogP contribution is -2.00. The number of nitrogens with zero attached hydrogens (tertiary/aromatic N) is 1. The number of aromatic nitrogens is 1. The number of fused-ring (bicyclic) bond motifs is 2. The van der Waals surface area contributed by atoms with Gasteiger partial charge < -0.3 is 14.0 Å². The Kier molecular flexibility index (Phi) is 5.20. The molecule has 0 N–H and O–H groups in total. The van der Waals surface area contributed by atoms with Crippen molar-refractivity contribution in [2.45, 2.75) is 13.5 Å². The maximum atomic E-state index is 13.0. The summed E-state index contributed by atoms with van der Waals surface area (Å²) in [6, 6.07) is 16.9. The first-order valence-electron chi connectivity index (χ1n) is 10.1. The number of hydrogen-bond donors (Lipinski definition) is 0. The fourth-order valence-corrected chi connectivity index (χ4v) is 4.48. The Hall–Kier alpha value is -3.21. The van der Waals surface area contributed by atoms with E-state index in [2.05, 4.69) is 0 Å². The molecule has 0 bridgehead atoms. The van der Waals surface area contributed by atoms with Crippen molar-refractivity contribution in [3.05, 3.63) is 98.9 Å². The highest BCUT2D eigenvalue weighted by atomic mass is 35.5. The number of carbonyl (C=O) groups excluding carboxylic acids is 1. The van der Waals surface area contributed by atoms with Gasteiger partial charge in [0, 0.05) is 50.9 Å². The predicted molar refractivity (Wildman–Crippen MR) is 128 cm³/mol. The van der Waals surface area contributed by atoms with E-state index in [1.54, 1.807) is 36.4 Å². The van der Waals surface area contributed by atoms with E-state index >= 15 is 0 Å². The van der Waals surface area contributed by atoms with E-state index in [-0.39, 0.29) is 12.4 Å². The maximum Gasteiger partial charge on any atom is 0.231 e. The number of ether oxygens (including phenoxy) is 2. The molecule has 2 heterocycles. The minimum absolute atomic E-state index is 0.142. The first-order chi connectivity index (χ1) is 15.4. The molecule has 0 amide bonds. The summed E-state index contributed by atoms with van der Waals surface area (Å²) < 4.78 is 14.0. The summed E-state index contributed by atoms with van der Waals surface area (Å²) in [6.07, 6.45) is 3.79. The van der Waals surface area contributed by atoms with E-state index in [4.69, 9.17) is 32.7 Å². The van der Waals surface area contributed by atoms with Gasteiger partial charge in [-0.25, -0.2) is 0 Å². The molecule has 160 valence electrons. The molecule has 0 radical (unpaired) electrons. The second-order valence-corrected chi connectivity index (χ2v) is 8.52. The highest BCUT2D eigenvalue weighted by Gasteiger charge is 2.30. The number of carbonyl (C=O) groups is 1. The van der Waals surface area contributed by atoms with Crippen LogP contribution in [-0.4, -0.2) is 10.4 Å². The molecule has 32 heavy (non-hydrogen) atoms. The molecule has 1 aromatic heterocycles.